The van der Waals surface area contributed by atoms with E-state index in [1.54, 1.807) is 24.3 Å². The van der Waals surface area contributed by atoms with Crippen LogP contribution in [0.3, 0.4) is 0 Å². The van der Waals surface area contributed by atoms with E-state index in [9.17, 15) is 32.9 Å². The zero-order chi connectivity index (χ0) is 28.3. The summed E-state index contributed by atoms with van der Waals surface area (Å²) in [6.45, 7) is 1.01. The molecular weight excluding hydrogens is 570 g/mol. The second kappa shape index (κ2) is 11.3. The van der Waals surface area contributed by atoms with E-state index in [1.165, 1.54) is 49.4 Å². The van der Waals surface area contributed by atoms with Gasteiger partial charge in [0.25, 0.3) is 16.8 Å². The van der Waals surface area contributed by atoms with Crippen molar-refractivity contribution >= 4 is 68.0 Å². The molecule has 3 amide bonds. The van der Waals surface area contributed by atoms with Gasteiger partial charge < -0.3 is 9.50 Å². The molecule has 1 aliphatic rings. The lowest BCUT2D eigenvalue weighted by Gasteiger charge is -2.12. The van der Waals surface area contributed by atoms with Crippen molar-refractivity contribution in [2.45, 2.75) is 11.8 Å². The van der Waals surface area contributed by atoms with Crippen LogP contribution in [-0.2, 0) is 19.7 Å². The monoisotopic (exact) mass is 587 g/mol. The quantitative estimate of drug-likeness (QED) is 0.166. The van der Waals surface area contributed by atoms with Crippen LogP contribution in [0.4, 0.5) is 16.2 Å². The van der Waals surface area contributed by atoms with Gasteiger partial charge in [-0.05, 0) is 72.8 Å². The summed E-state index contributed by atoms with van der Waals surface area (Å²) < 4.78 is 30.3. The number of imide groups is 1. The van der Waals surface area contributed by atoms with Crippen molar-refractivity contribution in [1.82, 2.24) is 4.90 Å². The average molecular weight is 588 g/mol. The van der Waals surface area contributed by atoms with Crippen molar-refractivity contribution in [1.29, 1.82) is 0 Å². The fourth-order valence-electron chi connectivity index (χ4n) is 3.40. The Morgan fingerprint density at radius 1 is 1.10 bits per heavy atom. The molecule has 1 fully saturated rings. The first-order valence-electron chi connectivity index (χ1n) is 11.0. The third-order valence-corrected chi connectivity index (χ3v) is 7.76. The summed E-state index contributed by atoms with van der Waals surface area (Å²) >= 11 is 6.48. The highest BCUT2D eigenvalue weighted by atomic mass is 35.5. The van der Waals surface area contributed by atoms with Gasteiger partial charge in [0.1, 0.15) is 17.2 Å². The van der Waals surface area contributed by atoms with E-state index in [0.717, 1.165) is 11.0 Å². The molecule has 200 valence electrons. The minimum atomic E-state index is -4.35. The summed E-state index contributed by atoms with van der Waals surface area (Å²) in [6.07, 6.45) is 1.42. The molecule has 1 N–H and O–H groups in total. The number of rotatable bonds is 8. The van der Waals surface area contributed by atoms with Crippen LogP contribution in [0, 0.1) is 17.0 Å². The molecule has 0 radical (unpaired) electrons. The number of anilines is 1. The molecule has 39 heavy (non-hydrogen) atoms. The van der Waals surface area contributed by atoms with Gasteiger partial charge in [0.15, 0.2) is 0 Å². The molecule has 0 unspecified atom stereocenters. The summed E-state index contributed by atoms with van der Waals surface area (Å²) in [5.41, 5.74) is 0.861. The molecular formula is C25H18ClN3O8S2. The van der Waals surface area contributed by atoms with E-state index in [0.29, 0.717) is 33.6 Å². The van der Waals surface area contributed by atoms with Gasteiger partial charge in [-0.25, -0.2) is 0 Å². The van der Waals surface area contributed by atoms with Crippen LogP contribution in [-0.4, -0.2) is 41.8 Å². The van der Waals surface area contributed by atoms with Crippen LogP contribution in [0.5, 0.6) is 5.75 Å². The molecule has 3 aromatic carbocycles. The third-order valence-electron chi connectivity index (χ3n) is 5.35. The summed E-state index contributed by atoms with van der Waals surface area (Å²) in [4.78, 5) is 48.4. The number of nitro benzene ring substituents is 1. The molecule has 0 aliphatic carbocycles. The van der Waals surface area contributed by atoms with Crippen LogP contribution < -0.4 is 9.50 Å². The largest absolute Gasteiger partial charge is 0.379 e. The Kier molecular flexibility index (Phi) is 8.04. The Bertz CT molecular complexity index is 1620. The van der Waals surface area contributed by atoms with E-state index >= 15 is 0 Å². The molecule has 11 nitrogen and oxygen atoms in total. The SMILES string of the molecule is Cc1ccc(S(=O)(=O)Oc2ccc(/C=C3\SC(=O)N(CC(=O)Nc4ccc(Cl)cc4)C3=O)cc2)cc1[N+](=O)[O-]. The summed E-state index contributed by atoms with van der Waals surface area (Å²) in [6, 6.07) is 15.3. The maximum absolute atomic E-state index is 12.7. The second-order valence-electron chi connectivity index (χ2n) is 8.13. The predicted molar refractivity (Wildman–Crippen MR) is 145 cm³/mol. The fourth-order valence-corrected chi connectivity index (χ4v) is 5.32. The van der Waals surface area contributed by atoms with Crippen molar-refractivity contribution < 1.29 is 31.9 Å². The van der Waals surface area contributed by atoms with E-state index in [2.05, 4.69) is 5.32 Å². The first-order chi connectivity index (χ1) is 18.4. The molecule has 0 aromatic heterocycles. The standard InChI is InChI=1S/C25H18ClN3O8S2/c1-15-2-11-20(13-21(15)29(33)34)39(35,36)37-19-9-3-16(4-10-19)12-22-24(31)28(25(32)38-22)14-23(30)27-18-7-5-17(26)6-8-18/h2-13H,14H2,1H3,(H,27,30)/b22-12-. The predicted octanol–water partition coefficient (Wildman–Crippen LogP) is 5.00. The number of thioether (sulfide) groups is 1. The van der Waals surface area contributed by atoms with Crippen molar-refractivity contribution in [3.63, 3.8) is 0 Å². The zero-order valence-corrected chi connectivity index (χ0v) is 22.4. The number of nitrogens with zero attached hydrogens (tertiary/aromatic N) is 2. The van der Waals surface area contributed by atoms with Crippen molar-refractivity contribution in [2.24, 2.45) is 0 Å². The molecule has 4 rings (SSSR count). The lowest BCUT2D eigenvalue weighted by molar-refractivity contribution is -0.385. The van der Waals surface area contributed by atoms with E-state index < -0.39 is 38.6 Å². The highest BCUT2D eigenvalue weighted by Gasteiger charge is 2.36. The molecule has 1 aliphatic heterocycles. The summed E-state index contributed by atoms with van der Waals surface area (Å²) in [5, 5.41) is 13.6. The van der Waals surface area contributed by atoms with Gasteiger partial charge in [-0.3, -0.25) is 29.4 Å². The van der Waals surface area contributed by atoms with Crippen LogP contribution in [0.1, 0.15) is 11.1 Å². The van der Waals surface area contributed by atoms with Gasteiger partial charge in [-0.1, -0.05) is 29.8 Å². The highest BCUT2D eigenvalue weighted by molar-refractivity contribution is 8.18. The maximum Gasteiger partial charge on any atom is 0.339 e. The summed E-state index contributed by atoms with van der Waals surface area (Å²) in [5.74, 6) is -1.29. The topological polar surface area (TPSA) is 153 Å². The molecule has 0 atom stereocenters. The number of carbonyl (C=O) groups is 3. The Labute approximate surface area is 231 Å². The number of nitro groups is 1. The number of hydrogen-bond donors (Lipinski definition) is 1. The number of hydrogen-bond acceptors (Lipinski definition) is 9. The van der Waals surface area contributed by atoms with E-state index in [1.807, 2.05) is 0 Å². The van der Waals surface area contributed by atoms with Crippen LogP contribution >= 0.6 is 23.4 Å². The first-order valence-corrected chi connectivity index (χ1v) is 13.6. The number of benzene rings is 3. The van der Waals surface area contributed by atoms with Gasteiger partial charge >= 0.3 is 10.1 Å². The molecule has 0 spiro atoms. The lowest BCUT2D eigenvalue weighted by atomic mass is 10.2. The van der Waals surface area contributed by atoms with Crippen LogP contribution in [0.2, 0.25) is 5.02 Å². The van der Waals surface area contributed by atoms with Crippen molar-refractivity contribution in [3.8, 4) is 5.75 Å². The number of amides is 3. The van der Waals surface area contributed by atoms with Crippen LogP contribution in [0.15, 0.2) is 76.5 Å². The van der Waals surface area contributed by atoms with Gasteiger partial charge in [0, 0.05) is 22.3 Å². The van der Waals surface area contributed by atoms with Gasteiger partial charge in [0.05, 0.1) is 9.83 Å². The van der Waals surface area contributed by atoms with Crippen molar-refractivity contribution in [3.05, 3.63) is 97.9 Å². The normalized spacial score (nSPS) is 14.5. The third kappa shape index (κ3) is 6.63. The summed E-state index contributed by atoms with van der Waals surface area (Å²) in [7, 11) is -4.35. The molecule has 14 heteroatoms. The number of nitrogens with one attached hydrogen (secondary N) is 1. The minimum Gasteiger partial charge on any atom is -0.379 e. The Morgan fingerprint density at radius 3 is 2.41 bits per heavy atom. The Hall–Kier alpha value is -4.20. The zero-order valence-electron chi connectivity index (χ0n) is 20.0. The highest BCUT2D eigenvalue weighted by Crippen LogP contribution is 2.33. The number of halogens is 1. The van der Waals surface area contributed by atoms with E-state index in [4.69, 9.17) is 15.8 Å². The second-order valence-corrected chi connectivity index (χ2v) is 11.1. The Balaban J connectivity index is 1.42. The number of carbonyl (C=O) groups excluding carboxylic acids is 3. The van der Waals surface area contributed by atoms with Crippen LogP contribution in [0.25, 0.3) is 6.08 Å². The maximum atomic E-state index is 12.7. The Morgan fingerprint density at radius 2 is 1.77 bits per heavy atom. The molecule has 3 aromatic rings. The number of aryl methyl sites for hydroxylation is 1. The minimum absolute atomic E-state index is 0.0673. The van der Waals surface area contributed by atoms with Gasteiger partial charge in [-0.15, -0.1) is 0 Å². The van der Waals surface area contributed by atoms with E-state index in [-0.39, 0.29) is 21.2 Å². The smallest absolute Gasteiger partial charge is 0.339 e. The van der Waals surface area contributed by atoms with Crippen molar-refractivity contribution in [2.75, 3.05) is 11.9 Å². The molecule has 1 heterocycles. The fraction of sp³-hybridized carbons (Fsp3) is 0.0800. The van der Waals surface area contributed by atoms with Gasteiger partial charge in [-0.2, -0.15) is 8.42 Å². The first kappa shape index (κ1) is 27.8. The average Bonchev–Trinajstić information content (AvgIpc) is 3.13. The molecule has 0 saturated carbocycles. The lowest BCUT2D eigenvalue weighted by Crippen LogP contribution is -2.36. The molecule has 0 bridgehead atoms. The van der Waals surface area contributed by atoms with Gasteiger partial charge in [0.2, 0.25) is 5.91 Å². The molecule has 1 saturated heterocycles.